The first-order valence-electron chi connectivity index (χ1n) is 9.29. The highest BCUT2D eigenvalue weighted by atomic mass is 16.6. The normalized spacial score (nSPS) is 13.9. The lowest BCUT2D eigenvalue weighted by molar-refractivity contribution is -0.384. The molecule has 1 N–H and O–H groups in total. The average Bonchev–Trinajstić information content (AvgIpc) is 3.06. The van der Waals surface area contributed by atoms with E-state index in [2.05, 4.69) is 5.32 Å². The number of nitrogens with zero attached hydrogens (tertiary/aromatic N) is 1. The number of fused-ring (bicyclic) bond motifs is 2. The van der Waals surface area contributed by atoms with Crippen molar-refractivity contribution >= 4 is 50.2 Å². The van der Waals surface area contributed by atoms with Crippen molar-refractivity contribution in [2.45, 2.75) is 0 Å². The summed E-state index contributed by atoms with van der Waals surface area (Å²) in [7, 11) is 0. The highest BCUT2D eigenvalue weighted by Crippen LogP contribution is 2.34. The van der Waals surface area contributed by atoms with Gasteiger partial charge in [0.05, 0.1) is 16.1 Å². The van der Waals surface area contributed by atoms with E-state index in [9.17, 15) is 19.7 Å². The van der Waals surface area contributed by atoms with Gasteiger partial charge in [0.1, 0.15) is 0 Å². The van der Waals surface area contributed by atoms with Crippen LogP contribution in [0.1, 0.15) is 11.1 Å². The van der Waals surface area contributed by atoms with Crippen molar-refractivity contribution in [3.63, 3.8) is 0 Å². The molecular weight excluding hydrogens is 380 g/mol. The van der Waals surface area contributed by atoms with Gasteiger partial charge < -0.3 is 0 Å². The summed E-state index contributed by atoms with van der Waals surface area (Å²) in [5.74, 6) is -0.890. The number of amides is 2. The Morgan fingerprint density at radius 1 is 0.633 bits per heavy atom. The number of carbonyl (C=O) groups excluding carboxylic acids is 2. The third-order valence-corrected chi connectivity index (χ3v) is 5.29. The molecular formula is C24H14N2O4. The summed E-state index contributed by atoms with van der Waals surface area (Å²) in [5, 5.41) is 16.8. The number of carbonyl (C=O) groups is 2. The van der Waals surface area contributed by atoms with Crippen LogP contribution in [-0.2, 0) is 9.59 Å². The Morgan fingerprint density at radius 2 is 1.13 bits per heavy atom. The molecule has 6 heteroatoms. The number of hydrogen-bond acceptors (Lipinski definition) is 4. The van der Waals surface area contributed by atoms with E-state index in [1.807, 2.05) is 42.5 Å². The van der Waals surface area contributed by atoms with Crippen LogP contribution in [0.15, 0.2) is 78.9 Å². The van der Waals surface area contributed by atoms with Gasteiger partial charge in [-0.3, -0.25) is 25.0 Å². The number of rotatable bonds is 3. The fourth-order valence-corrected chi connectivity index (χ4v) is 3.85. The molecule has 0 saturated carbocycles. The lowest BCUT2D eigenvalue weighted by Gasteiger charge is -2.08. The summed E-state index contributed by atoms with van der Waals surface area (Å²) in [6.07, 6.45) is 0. The van der Waals surface area contributed by atoms with E-state index in [1.54, 1.807) is 24.3 Å². The third kappa shape index (κ3) is 2.82. The molecule has 1 aliphatic heterocycles. The maximum Gasteiger partial charge on any atom is 0.270 e. The van der Waals surface area contributed by atoms with Crippen LogP contribution in [0, 0.1) is 10.1 Å². The van der Waals surface area contributed by atoms with E-state index in [0.717, 1.165) is 16.2 Å². The molecule has 0 atom stereocenters. The minimum Gasteiger partial charge on any atom is -0.288 e. The van der Waals surface area contributed by atoms with Crippen molar-refractivity contribution in [3.8, 4) is 0 Å². The SMILES string of the molecule is O=C1NC(=O)C(c2ccc3cc([N+](=O)[O-])ccc3c2)=C1c1ccc2ccccc2c1. The van der Waals surface area contributed by atoms with Gasteiger partial charge in [0, 0.05) is 12.1 Å². The standard InChI is InChI=1S/C24H14N2O4/c27-23-21(18-7-5-14-3-1-2-4-15(14)11-18)22(24(28)25-23)19-8-6-17-13-20(26(29)30)10-9-16(17)12-19/h1-13H,(H,25,27,28). The lowest BCUT2D eigenvalue weighted by atomic mass is 9.93. The Kier molecular flexibility index (Phi) is 3.93. The van der Waals surface area contributed by atoms with Crippen molar-refractivity contribution in [1.82, 2.24) is 5.32 Å². The molecule has 0 radical (unpaired) electrons. The number of hydrogen-bond donors (Lipinski definition) is 1. The molecule has 0 aromatic heterocycles. The van der Waals surface area contributed by atoms with E-state index < -0.39 is 16.7 Å². The van der Waals surface area contributed by atoms with Gasteiger partial charge in [0.15, 0.2) is 0 Å². The highest BCUT2D eigenvalue weighted by Gasteiger charge is 2.32. The summed E-state index contributed by atoms with van der Waals surface area (Å²) >= 11 is 0. The van der Waals surface area contributed by atoms with Gasteiger partial charge in [-0.05, 0) is 50.9 Å². The molecule has 144 valence electrons. The zero-order chi connectivity index (χ0) is 20.8. The van der Waals surface area contributed by atoms with Crippen LogP contribution in [0.25, 0.3) is 32.7 Å². The summed E-state index contributed by atoms with van der Waals surface area (Å²) < 4.78 is 0. The van der Waals surface area contributed by atoms with Crippen molar-refractivity contribution < 1.29 is 14.5 Å². The summed E-state index contributed by atoms with van der Waals surface area (Å²) in [5.41, 5.74) is 1.88. The quantitative estimate of drug-likeness (QED) is 0.315. The number of nitro benzene ring substituents is 1. The first-order valence-corrected chi connectivity index (χ1v) is 9.29. The van der Waals surface area contributed by atoms with E-state index in [1.165, 1.54) is 12.1 Å². The monoisotopic (exact) mass is 394 g/mol. The molecule has 30 heavy (non-hydrogen) atoms. The van der Waals surface area contributed by atoms with Crippen molar-refractivity contribution in [3.05, 3.63) is 100 Å². The molecule has 6 nitrogen and oxygen atoms in total. The first kappa shape index (κ1) is 17.8. The molecule has 0 fully saturated rings. The van der Waals surface area contributed by atoms with Crippen molar-refractivity contribution in [1.29, 1.82) is 0 Å². The third-order valence-electron chi connectivity index (χ3n) is 5.29. The number of imide groups is 1. The largest absolute Gasteiger partial charge is 0.288 e. The second-order valence-electron chi connectivity index (χ2n) is 7.10. The molecule has 0 saturated heterocycles. The van der Waals surface area contributed by atoms with E-state index in [4.69, 9.17) is 0 Å². The molecule has 0 bridgehead atoms. The molecule has 4 aromatic carbocycles. The minimum absolute atomic E-state index is 0.0000977. The topological polar surface area (TPSA) is 89.3 Å². The van der Waals surface area contributed by atoms with Gasteiger partial charge in [-0.25, -0.2) is 0 Å². The van der Waals surface area contributed by atoms with Crippen molar-refractivity contribution in [2.75, 3.05) is 0 Å². The van der Waals surface area contributed by atoms with Gasteiger partial charge in [-0.1, -0.05) is 48.5 Å². The van der Waals surface area contributed by atoms with E-state index >= 15 is 0 Å². The Morgan fingerprint density at radius 3 is 1.77 bits per heavy atom. The molecule has 4 aromatic rings. The molecule has 0 unspecified atom stereocenters. The van der Waals surface area contributed by atoms with Gasteiger partial charge in [-0.15, -0.1) is 0 Å². The van der Waals surface area contributed by atoms with Gasteiger partial charge in [0.2, 0.25) is 0 Å². The zero-order valence-corrected chi connectivity index (χ0v) is 15.6. The van der Waals surface area contributed by atoms with Crippen LogP contribution in [0.4, 0.5) is 5.69 Å². The Labute approximate surface area is 170 Å². The smallest absolute Gasteiger partial charge is 0.270 e. The fourth-order valence-electron chi connectivity index (χ4n) is 3.85. The first-order chi connectivity index (χ1) is 14.5. The van der Waals surface area contributed by atoms with Crippen molar-refractivity contribution in [2.24, 2.45) is 0 Å². The number of non-ortho nitro benzene ring substituents is 1. The molecule has 0 aliphatic carbocycles. The van der Waals surface area contributed by atoms with Crippen LogP contribution < -0.4 is 5.32 Å². The maximum absolute atomic E-state index is 12.6. The predicted octanol–water partition coefficient (Wildman–Crippen LogP) is 4.47. The number of benzene rings is 4. The molecule has 1 aliphatic rings. The second-order valence-corrected chi connectivity index (χ2v) is 7.10. The van der Waals surface area contributed by atoms with Crippen LogP contribution in [0.3, 0.4) is 0 Å². The van der Waals surface area contributed by atoms with E-state index in [0.29, 0.717) is 27.7 Å². The Hall–Kier alpha value is -4.32. The summed E-state index contributed by atoms with van der Waals surface area (Å²) in [6.45, 7) is 0. The molecule has 0 spiro atoms. The Bertz CT molecular complexity index is 1440. The fraction of sp³-hybridized carbons (Fsp3) is 0. The predicted molar refractivity (Wildman–Crippen MR) is 115 cm³/mol. The number of nitrogens with one attached hydrogen (secondary N) is 1. The lowest BCUT2D eigenvalue weighted by Crippen LogP contribution is -2.22. The van der Waals surface area contributed by atoms with Crippen LogP contribution in [0.2, 0.25) is 0 Å². The maximum atomic E-state index is 12.6. The van der Waals surface area contributed by atoms with Crippen LogP contribution in [-0.4, -0.2) is 16.7 Å². The second kappa shape index (κ2) is 6.63. The molecule has 2 amide bonds. The Balaban J connectivity index is 1.70. The van der Waals surface area contributed by atoms with Crippen LogP contribution >= 0.6 is 0 Å². The zero-order valence-electron chi connectivity index (χ0n) is 15.6. The summed E-state index contributed by atoms with van der Waals surface area (Å²) in [6, 6.07) is 23.2. The van der Waals surface area contributed by atoms with Gasteiger partial charge in [0.25, 0.3) is 17.5 Å². The van der Waals surface area contributed by atoms with Gasteiger partial charge in [-0.2, -0.15) is 0 Å². The summed E-state index contributed by atoms with van der Waals surface area (Å²) in [4.78, 5) is 35.8. The number of nitro groups is 1. The molecule has 5 rings (SSSR count). The van der Waals surface area contributed by atoms with Crippen LogP contribution in [0.5, 0.6) is 0 Å². The van der Waals surface area contributed by atoms with Gasteiger partial charge >= 0.3 is 0 Å². The minimum atomic E-state index is -0.454. The van der Waals surface area contributed by atoms with E-state index in [-0.39, 0.29) is 5.69 Å². The average molecular weight is 394 g/mol. The highest BCUT2D eigenvalue weighted by molar-refractivity contribution is 6.49. The molecule has 1 heterocycles.